The van der Waals surface area contributed by atoms with Gasteiger partial charge in [0.05, 0.1) is 0 Å². The summed E-state index contributed by atoms with van der Waals surface area (Å²) in [6.45, 7) is 1.55. The number of halogens is 2. The summed E-state index contributed by atoms with van der Waals surface area (Å²) in [5.74, 6) is 0.797. The zero-order chi connectivity index (χ0) is 14.9. The van der Waals surface area contributed by atoms with Gasteiger partial charge in [0.2, 0.25) is 0 Å². The molecule has 0 aliphatic heterocycles. The Morgan fingerprint density at radius 2 is 1.68 bits per heavy atom. The van der Waals surface area contributed by atoms with Gasteiger partial charge in [-0.3, -0.25) is 4.99 Å². The lowest BCUT2D eigenvalue weighted by Crippen LogP contribution is -2.37. The minimum atomic E-state index is 0. The maximum absolute atomic E-state index is 6.14. The molecule has 0 amide bonds. The van der Waals surface area contributed by atoms with E-state index in [2.05, 4.69) is 27.8 Å². The molecule has 2 rings (SSSR count). The van der Waals surface area contributed by atoms with E-state index < -0.39 is 0 Å². The van der Waals surface area contributed by atoms with Gasteiger partial charge in [-0.1, -0.05) is 60.1 Å². The summed E-state index contributed by atoms with van der Waals surface area (Å²) in [6, 6.07) is 18.2. The van der Waals surface area contributed by atoms with Gasteiger partial charge in [0, 0.05) is 25.2 Å². The van der Waals surface area contributed by atoms with E-state index in [1.807, 2.05) is 42.5 Å². The molecule has 0 bridgehead atoms. The van der Waals surface area contributed by atoms with E-state index >= 15 is 0 Å². The molecule has 0 radical (unpaired) electrons. The molecule has 0 spiro atoms. The molecule has 0 aliphatic carbocycles. The first-order chi connectivity index (χ1) is 10.3. The van der Waals surface area contributed by atoms with Crippen molar-refractivity contribution < 1.29 is 0 Å². The van der Waals surface area contributed by atoms with Gasteiger partial charge in [0.1, 0.15) is 0 Å². The van der Waals surface area contributed by atoms with Crippen molar-refractivity contribution in [2.45, 2.75) is 13.0 Å². The molecular formula is C17H21ClIN3. The number of guanidine groups is 1. The number of nitrogens with zero attached hydrogens (tertiary/aromatic N) is 1. The second-order valence-electron chi connectivity index (χ2n) is 4.68. The van der Waals surface area contributed by atoms with Crippen LogP contribution in [0.25, 0.3) is 0 Å². The van der Waals surface area contributed by atoms with Crippen LogP contribution in [0.15, 0.2) is 59.6 Å². The monoisotopic (exact) mass is 429 g/mol. The Balaban J connectivity index is 0.00000242. The molecule has 0 atom stereocenters. The van der Waals surface area contributed by atoms with Gasteiger partial charge in [-0.25, -0.2) is 0 Å². The molecule has 2 N–H and O–H groups in total. The highest BCUT2D eigenvalue weighted by Gasteiger charge is 2.01. The number of aliphatic imine (C=N–C) groups is 1. The summed E-state index contributed by atoms with van der Waals surface area (Å²) in [7, 11) is 1.77. The minimum Gasteiger partial charge on any atom is -0.356 e. The number of nitrogens with one attached hydrogen (secondary N) is 2. The highest BCUT2D eigenvalue weighted by Crippen LogP contribution is 2.14. The molecular weight excluding hydrogens is 409 g/mol. The van der Waals surface area contributed by atoms with E-state index in [-0.39, 0.29) is 24.0 Å². The van der Waals surface area contributed by atoms with Crippen molar-refractivity contribution in [1.29, 1.82) is 0 Å². The molecule has 118 valence electrons. The van der Waals surface area contributed by atoms with Crippen molar-refractivity contribution in [2.24, 2.45) is 4.99 Å². The number of hydrogen-bond acceptors (Lipinski definition) is 1. The largest absolute Gasteiger partial charge is 0.356 e. The van der Waals surface area contributed by atoms with Gasteiger partial charge >= 0.3 is 0 Å². The topological polar surface area (TPSA) is 36.4 Å². The Labute approximate surface area is 154 Å². The van der Waals surface area contributed by atoms with Gasteiger partial charge in [-0.2, -0.15) is 0 Å². The van der Waals surface area contributed by atoms with Crippen LogP contribution in [0.4, 0.5) is 0 Å². The fourth-order valence-electron chi connectivity index (χ4n) is 2.02. The van der Waals surface area contributed by atoms with Gasteiger partial charge in [-0.15, -0.1) is 24.0 Å². The molecule has 2 aromatic rings. The second kappa shape index (κ2) is 10.5. The quantitative estimate of drug-likeness (QED) is 0.430. The van der Waals surface area contributed by atoms with Crippen LogP contribution < -0.4 is 10.6 Å². The van der Waals surface area contributed by atoms with Gasteiger partial charge < -0.3 is 10.6 Å². The predicted molar refractivity (Wildman–Crippen MR) is 105 cm³/mol. The SMILES string of the molecule is CN=C(NCCc1ccccc1Cl)NCc1ccccc1.I. The second-order valence-corrected chi connectivity index (χ2v) is 5.09. The third-order valence-electron chi connectivity index (χ3n) is 3.17. The Bertz CT molecular complexity index is 587. The van der Waals surface area contributed by atoms with E-state index in [1.165, 1.54) is 5.56 Å². The van der Waals surface area contributed by atoms with Gasteiger partial charge in [0.15, 0.2) is 5.96 Å². The van der Waals surface area contributed by atoms with E-state index in [4.69, 9.17) is 11.6 Å². The average Bonchev–Trinajstić information content (AvgIpc) is 2.53. The van der Waals surface area contributed by atoms with Gasteiger partial charge in [0.25, 0.3) is 0 Å². The number of hydrogen-bond donors (Lipinski definition) is 2. The number of benzene rings is 2. The lowest BCUT2D eigenvalue weighted by atomic mass is 10.1. The highest BCUT2D eigenvalue weighted by atomic mass is 127. The Hall–Kier alpha value is -1.27. The van der Waals surface area contributed by atoms with Crippen LogP contribution in [-0.2, 0) is 13.0 Å². The molecule has 0 saturated heterocycles. The third kappa shape index (κ3) is 6.23. The third-order valence-corrected chi connectivity index (χ3v) is 3.54. The summed E-state index contributed by atoms with van der Waals surface area (Å²) in [5.41, 5.74) is 2.37. The molecule has 0 aromatic heterocycles. The molecule has 0 fully saturated rings. The van der Waals surface area contributed by atoms with Crippen molar-refractivity contribution in [3.63, 3.8) is 0 Å². The fraction of sp³-hybridized carbons (Fsp3) is 0.235. The van der Waals surface area contributed by atoms with Gasteiger partial charge in [-0.05, 0) is 23.6 Å². The molecule has 0 aliphatic rings. The maximum Gasteiger partial charge on any atom is 0.191 e. The fourth-order valence-corrected chi connectivity index (χ4v) is 2.25. The smallest absolute Gasteiger partial charge is 0.191 e. The molecule has 2 aromatic carbocycles. The Morgan fingerprint density at radius 1 is 1.00 bits per heavy atom. The summed E-state index contributed by atoms with van der Waals surface area (Å²) >= 11 is 6.14. The minimum absolute atomic E-state index is 0. The van der Waals surface area contributed by atoms with Crippen LogP contribution in [0.1, 0.15) is 11.1 Å². The molecule has 22 heavy (non-hydrogen) atoms. The standard InChI is InChI=1S/C17H20ClN3.HI/c1-19-17(21-13-14-7-3-2-4-8-14)20-12-11-15-9-5-6-10-16(15)18;/h2-10H,11-13H2,1H3,(H2,19,20,21);1H. The molecule has 0 unspecified atom stereocenters. The highest BCUT2D eigenvalue weighted by molar-refractivity contribution is 14.0. The zero-order valence-corrected chi connectivity index (χ0v) is 15.6. The van der Waals surface area contributed by atoms with Crippen molar-refractivity contribution in [2.75, 3.05) is 13.6 Å². The lowest BCUT2D eigenvalue weighted by Gasteiger charge is -2.12. The molecule has 5 heteroatoms. The lowest BCUT2D eigenvalue weighted by molar-refractivity contribution is 0.795. The van der Waals surface area contributed by atoms with Crippen LogP contribution >= 0.6 is 35.6 Å². The average molecular weight is 430 g/mol. The van der Waals surface area contributed by atoms with Crippen molar-refractivity contribution in [3.05, 3.63) is 70.7 Å². The van der Waals surface area contributed by atoms with Crippen LogP contribution in [-0.4, -0.2) is 19.6 Å². The van der Waals surface area contributed by atoms with Crippen LogP contribution in [0.2, 0.25) is 5.02 Å². The summed E-state index contributed by atoms with van der Waals surface area (Å²) < 4.78 is 0. The van der Waals surface area contributed by atoms with Crippen LogP contribution in [0.3, 0.4) is 0 Å². The summed E-state index contributed by atoms with van der Waals surface area (Å²) in [4.78, 5) is 4.22. The first-order valence-electron chi connectivity index (χ1n) is 7.01. The normalized spacial score (nSPS) is 10.7. The van der Waals surface area contributed by atoms with Crippen LogP contribution in [0, 0.1) is 0 Å². The maximum atomic E-state index is 6.14. The zero-order valence-electron chi connectivity index (χ0n) is 12.6. The van der Waals surface area contributed by atoms with Crippen molar-refractivity contribution >= 4 is 41.5 Å². The predicted octanol–water partition coefficient (Wildman–Crippen LogP) is 3.87. The number of rotatable bonds is 5. The Kier molecular flexibility index (Phi) is 8.92. The van der Waals surface area contributed by atoms with E-state index in [9.17, 15) is 0 Å². The molecule has 0 heterocycles. The molecule has 3 nitrogen and oxygen atoms in total. The van der Waals surface area contributed by atoms with Crippen molar-refractivity contribution in [3.8, 4) is 0 Å². The van der Waals surface area contributed by atoms with Crippen LogP contribution in [0.5, 0.6) is 0 Å². The summed E-state index contributed by atoms with van der Waals surface area (Å²) in [5, 5.41) is 7.40. The Morgan fingerprint density at radius 3 is 2.36 bits per heavy atom. The van der Waals surface area contributed by atoms with E-state index in [0.717, 1.165) is 36.1 Å². The first kappa shape index (κ1) is 18.8. The van der Waals surface area contributed by atoms with Crippen molar-refractivity contribution in [1.82, 2.24) is 10.6 Å². The van der Waals surface area contributed by atoms with E-state index in [1.54, 1.807) is 7.05 Å². The van der Waals surface area contributed by atoms with E-state index in [0.29, 0.717) is 0 Å². The summed E-state index contributed by atoms with van der Waals surface area (Å²) in [6.07, 6.45) is 0.867. The molecule has 0 saturated carbocycles. The first-order valence-corrected chi connectivity index (χ1v) is 7.39.